The van der Waals surface area contributed by atoms with Gasteiger partial charge in [0, 0.05) is 13.5 Å². The first-order valence-corrected chi connectivity index (χ1v) is 5.11. The predicted molar refractivity (Wildman–Crippen MR) is 57.2 cm³/mol. The minimum absolute atomic E-state index is 0.0441. The van der Waals surface area contributed by atoms with E-state index in [1.165, 1.54) is 6.92 Å². The van der Waals surface area contributed by atoms with Gasteiger partial charge in [-0.15, -0.1) is 0 Å². The Hall–Kier alpha value is -1.10. The maximum Gasteiger partial charge on any atom is 0.239 e. The van der Waals surface area contributed by atoms with Gasteiger partial charge in [0.1, 0.15) is 0 Å². The number of nitrogens with one attached hydrogen (secondary N) is 2. The summed E-state index contributed by atoms with van der Waals surface area (Å²) in [4.78, 5) is 21.7. The van der Waals surface area contributed by atoms with E-state index >= 15 is 0 Å². The minimum atomic E-state index is -0.874. The highest BCUT2D eigenvalue weighted by Crippen LogP contribution is 2.09. The van der Waals surface area contributed by atoms with Crippen LogP contribution in [0.5, 0.6) is 0 Å². The second kappa shape index (κ2) is 6.40. The molecule has 1 unspecified atom stereocenters. The zero-order chi connectivity index (χ0) is 11.9. The van der Waals surface area contributed by atoms with Crippen molar-refractivity contribution in [2.75, 3.05) is 13.1 Å². The molecule has 0 bridgehead atoms. The molecular formula is C10H20N2O3. The topological polar surface area (TPSA) is 78.4 Å². The molecule has 0 aliphatic rings. The predicted octanol–water partition coefficient (Wildman–Crippen LogP) is -0.210. The molecule has 0 saturated carbocycles. The van der Waals surface area contributed by atoms with Crippen LogP contribution in [-0.4, -0.2) is 35.6 Å². The average molecular weight is 216 g/mol. The Labute approximate surface area is 90.2 Å². The molecule has 0 aromatic heterocycles. The highest BCUT2D eigenvalue weighted by atomic mass is 16.3. The monoisotopic (exact) mass is 216 g/mol. The molecular weight excluding hydrogens is 196 g/mol. The SMILES string of the molecule is CCCC(C)(O)CNC(=O)CNC(C)=O. The van der Waals surface area contributed by atoms with Gasteiger partial charge in [0.15, 0.2) is 0 Å². The molecule has 5 heteroatoms. The minimum Gasteiger partial charge on any atom is -0.388 e. The summed E-state index contributed by atoms with van der Waals surface area (Å²) in [5, 5.41) is 14.7. The molecule has 0 aliphatic heterocycles. The third-order valence-corrected chi connectivity index (χ3v) is 1.95. The van der Waals surface area contributed by atoms with Crippen LogP contribution in [-0.2, 0) is 9.59 Å². The molecule has 0 aromatic carbocycles. The summed E-state index contributed by atoms with van der Waals surface area (Å²) in [6, 6.07) is 0. The van der Waals surface area contributed by atoms with E-state index in [2.05, 4.69) is 10.6 Å². The Morgan fingerprint density at radius 2 is 1.93 bits per heavy atom. The average Bonchev–Trinajstić information content (AvgIpc) is 2.11. The lowest BCUT2D eigenvalue weighted by molar-refractivity contribution is -0.125. The third kappa shape index (κ3) is 7.93. The quantitative estimate of drug-likeness (QED) is 0.575. The number of hydrogen-bond donors (Lipinski definition) is 3. The van der Waals surface area contributed by atoms with Gasteiger partial charge in [0.05, 0.1) is 12.1 Å². The molecule has 2 amide bonds. The first-order chi connectivity index (χ1) is 6.87. The van der Waals surface area contributed by atoms with Crippen molar-refractivity contribution in [2.45, 2.75) is 39.2 Å². The van der Waals surface area contributed by atoms with E-state index in [9.17, 15) is 14.7 Å². The van der Waals surface area contributed by atoms with Crippen molar-refractivity contribution in [2.24, 2.45) is 0 Å². The second-order valence-electron chi connectivity index (χ2n) is 3.93. The zero-order valence-corrected chi connectivity index (χ0v) is 9.59. The summed E-state index contributed by atoms with van der Waals surface area (Å²) in [6.45, 7) is 5.15. The van der Waals surface area contributed by atoms with Crippen LogP contribution in [0.4, 0.5) is 0 Å². The molecule has 88 valence electrons. The molecule has 0 fully saturated rings. The molecule has 0 rings (SSSR count). The Morgan fingerprint density at radius 3 is 2.40 bits per heavy atom. The van der Waals surface area contributed by atoms with Crippen LogP contribution in [0.1, 0.15) is 33.6 Å². The van der Waals surface area contributed by atoms with Gasteiger partial charge in [-0.3, -0.25) is 9.59 Å². The molecule has 0 aliphatic carbocycles. The molecule has 5 nitrogen and oxygen atoms in total. The van der Waals surface area contributed by atoms with E-state index in [4.69, 9.17) is 0 Å². The standard InChI is InChI=1S/C10H20N2O3/c1-4-5-10(3,15)7-12-9(14)6-11-8(2)13/h15H,4-7H2,1-3H3,(H,11,13)(H,12,14). The first kappa shape index (κ1) is 13.9. The van der Waals surface area contributed by atoms with Crippen molar-refractivity contribution in [3.8, 4) is 0 Å². The summed E-state index contributed by atoms with van der Waals surface area (Å²) < 4.78 is 0. The maximum atomic E-state index is 11.2. The fraction of sp³-hybridized carbons (Fsp3) is 0.800. The molecule has 0 radical (unpaired) electrons. The Bertz CT molecular complexity index is 227. The normalized spacial score (nSPS) is 14.1. The van der Waals surface area contributed by atoms with E-state index in [-0.39, 0.29) is 24.9 Å². The first-order valence-electron chi connectivity index (χ1n) is 5.11. The highest BCUT2D eigenvalue weighted by Gasteiger charge is 2.19. The summed E-state index contributed by atoms with van der Waals surface area (Å²) in [7, 11) is 0. The zero-order valence-electron chi connectivity index (χ0n) is 9.59. The molecule has 1 atom stereocenters. The van der Waals surface area contributed by atoms with E-state index in [0.717, 1.165) is 6.42 Å². The van der Waals surface area contributed by atoms with Crippen LogP contribution in [0, 0.1) is 0 Å². The molecule has 0 heterocycles. The smallest absolute Gasteiger partial charge is 0.239 e. The molecule has 0 saturated heterocycles. The van der Waals surface area contributed by atoms with Gasteiger partial charge in [-0.2, -0.15) is 0 Å². The van der Waals surface area contributed by atoms with Crippen LogP contribution in [0.2, 0.25) is 0 Å². The fourth-order valence-corrected chi connectivity index (χ4v) is 1.18. The van der Waals surface area contributed by atoms with E-state index in [1.807, 2.05) is 6.92 Å². The van der Waals surface area contributed by atoms with Gasteiger partial charge < -0.3 is 15.7 Å². The molecule has 0 spiro atoms. The van der Waals surface area contributed by atoms with Crippen LogP contribution in [0.15, 0.2) is 0 Å². The number of carbonyl (C=O) groups is 2. The summed E-state index contributed by atoms with van der Waals surface area (Å²) in [5.41, 5.74) is -0.874. The van der Waals surface area contributed by atoms with E-state index in [0.29, 0.717) is 6.42 Å². The van der Waals surface area contributed by atoms with Crippen LogP contribution >= 0.6 is 0 Å². The number of carbonyl (C=O) groups excluding carboxylic acids is 2. The van der Waals surface area contributed by atoms with Crippen LogP contribution in [0.25, 0.3) is 0 Å². The van der Waals surface area contributed by atoms with Crippen molar-refractivity contribution >= 4 is 11.8 Å². The largest absolute Gasteiger partial charge is 0.388 e. The molecule has 3 N–H and O–H groups in total. The number of aliphatic hydroxyl groups is 1. The lowest BCUT2D eigenvalue weighted by Crippen LogP contribution is -2.44. The van der Waals surface area contributed by atoms with Crippen LogP contribution < -0.4 is 10.6 Å². The van der Waals surface area contributed by atoms with Crippen molar-refractivity contribution in [1.29, 1.82) is 0 Å². The highest BCUT2D eigenvalue weighted by molar-refractivity contribution is 5.83. The Kier molecular flexibility index (Phi) is 5.93. The van der Waals surface area contributed by atoms with Gasteiger partial charge in [0.25, 0.3) is 0 Å². The lowest BCUT2D eigenvalue weighted by Gasteiger charge is -2.22. The number of hydrogen-bond acceptors (Lipinski definition) is 3. The van der Waals surface area contributed by atoms with Gasteiger partial charge in [0.2, 0.25) is 11.8 Å². The van der Waals surface area contributed by atoms with Gasteiger partial charge in [-0.1, -0.05) is 13.3 Å². The molecule has 0 aromatic rings. The maximum absolute atomic E-state index is 11.2. The van der Waals surface area contributed by atoms with Crippen molar-refractivity contribution in [3.05, 3.63) is 0 Å². The number of rotatable bonds is 6. The molecule has 15 heavy (non-hydrogen) atoms. The van der Waals surface area contributed by atoms with Crippen LogP contribution in [0.3, 0.4) is 0 Å². The summed E-state index contributed by atoms with van der Waals surface area (Å²) in [6.07, 6.45) is 1.49. The Morgan fingerprint density at radius 1 is 1.33 bits per heavy atom. The number of amides is 2. The Balaban J connectivity index is 3.74. The van der Waals surface area contributed by atoms with Gasteiger partial charge >= 0.3 is 0 Å². The van der Waals surface area contributed by atoms with E-state index < -0.39 is 5.60 Å². The fourth-order valence-electron chi connectivity index (χ4n) is 1.18. The van der Waals surface area contributed by atoms with Crippen molar-refractivity contribution < 1.29 is 14.7 Å². The lowest BCUT2D eigenvalue weighted by atomic mass is 10.0. The van der Waals surface area contributed by atoms with E-state index in [1.54, 1.807) is 6.92 Å². The summed E-state index contributed by atoms with van der Waals surface area (Å²) >= 11 is 0. The third-order valence-electron chi connectivity index (χ3n) is 1.95. The second-order valence-corrected chi connectivity index (χ2v) is 3.93. The van der Waals surface area contributed by atoms with Gasteiger partial charge in [-0.25, -0.2) is 0 Å². The van der Waals surface area contributed by atoms with Crippen molar-refractivity contribution in [3.63, 3.8) is 0 Å². The van der Waals surface area contributed by atoms with Gasteiger partial charge in [-0.05, 0) is 13.3 Å². The van der Waals surface area contributed by atoms with Crippen molar-refractivity contribution in [1.82, 2.24) is 10.6 Å². The summed E-state index contributed by atoms with van der Waals surface area (Å²) in [5.74, 6) is -0.535.